The molecule has 1 heterocycles. The van der Waals surface area contributed by atoms with Crippen LogP contribution in [0, 0.1) is 0 Å². The molecule has 0 unspecified atom stereocenters. The summed E-state index contributed by atoms with van der Waals surface area (Å²) in [5.74, 6) is 0.683. The third-order valence-corrected chi connectivity index (χ3v) is 4.04. The highest BCUT2D eigenvalue weighted by Gasteiger charge is 2.10. The molecule has 0 aliphatic rings. The maximum Gasteiger partial charge on any atom is 0.270 e. The Morgan fingerprint density at radius 3 is 2.91 bits per heavy atom. The van der Waals surface area contributed by atoms with E-state index in [0.29, 0.717) is 18.8 Å². The number of thiazole rings is 1. The van der Waals surface area contributed by atoms with Gasteiger partial charge in [0.15, 0.2) is 0 Å². The van der Waals surface area contributed by atoms with Crippen LogP contribution < -0.4 is 10.1 Å². The van der Waals surface area contributed by atoms with Crippen molar-refractivity contribution in [3.8, 4) is 5.75 Å². The van der Waals surface area contributed by atoms with Gasteiger partial charge in [-0.15, -0.1) is 11.3 Å². The number of hydrogen-bond donors (Lipinski definition) is 1. The molecule has 3 aromatic rings. The number of nitrogens with zero attached hydrogens (tertiary/aromatic N) is 1. The SMILES string of the molecule is CCNC(=O)c1csc(COc2cccc3ccccc23)n1. The smallest absolute Gasteiger partial charge is 0.270 e. The van der Waals surface area contributed by atoms with E-state index in [9.17, 15) is 4.79 Å². The van der Waals surface area contributed by atoms with Crippen LogP contribution in [0.4, 0.5) is 0 Å². The summed E-state index contributed by atoms with van der Waals surface area (Å²) in [7, 11) is 0. The molecule has 0 radical (unpaired) electrons. The standard InChI is InChI=1S/C17H16N2O2S/c1-2-18-17(20)14-11-22-16(19-14)10-21-15-9-5-7-12-6-3-4-8-13(12)15/h3-9,11H,2,10H2,1H3,(H,18,20). The molecule has 112 valence electrons. The van der Waals surface area contributed by atoms with Gasteiger partial charge in [0.25, 0.3) is 5.91 Å². The molecule has 0 aliphatic carbocycles. The number of carbonyl (C=O) groups excluding carboxylic acids is 1. The Labute approximate surface area is 132 Å². The quantitative estimate of drug-likeness (QED) is 0.783. The van der Waals surface area contributed by atoms with Crippen LogP contribution in [0.5, 0.6) is 5.75 Å². The Balaban J connectivity index is 1.73. The van der Waals surface area contributed by atoms with Gasteiger partial charge in [-0.1, -0.05) is 36.4 Å². The van der Waals surface area contributed by atoms with Crippen molar-refractivity contribution < 1.29 is 9.53 Å². The van der Waals surface area contributed by atoms with Crippen molar-refractivity contribution in [1.29, 1.82) is 0 Å². The van der Waals surface area contributed by atoms with Crippen LogP contribution in [0.25, 0.3) is 10.8 Å². The number of amides is 1. The minimum atomic E-state index is -0.143. The second-order valence-electron chi connectivity index (χ2n) is 4.75. The van der Waals surface area contributed by atoms with E-state index in [1.54, 1.807) is 5.38 Å². The van der Waals surface area contributed by atoms with Crippen LogP contribution >= 0.6 is 11.3 Å². The van der Waals surface area contributed by atoms with Crippen LogP contribution in [-0.2, 0) is 6.61 Å². The van der Waals surface area contributed by atoms with E-state index in [-0.39, 0.29) is 5.91 Å². The number of fused-ring (bicyclic) bond motifs is 1. The summed E-state index contributed by atoms with van der Waals surface area (Å²) in [5.41, 5.74) is 0.448. The van der Waals surface area contributed by atoms with E-state index in [2.05, 4.69) is 22.4 Å². The zero-order chi connectivity index (χ0) is 15.4. The minimum absolute atomic E-state index is 0.143. The first kappa shape index (κ1) is 14.5. The topological polar surface area (TPSA) is 51.2 Å². The largest absolute Gasteiger partial charge is 0.486 e. The van der Waals surface area contributed by atoms with Gasteiger partial charge in [0.05, 0.1) is 0 Å². The van der Waals surface area contributed by atoms with E-state index < -0.39 is 0 Å². The lowest BCUT2D eigenvalue weighted by molar-refractivity contribution is 0.0951. The molecule has 0 fully saturated rings. The molecule has 1 aromatic heterocycles. The van der Waals surface area contributed by atoms with Gasteiger partial charge >= 0.3 is 0 Å². The van der Waals surface area contributed by atoms with E-state index in [0.717, 1.165) is 21.5 Å². The summed E-state index contributed by atoms with van der Waals surface area (Å²) < 4.78 is 5.87. The number of nitrogens with one attached hydrogen (secondary N) is 1. The Hall–Kier alpha value is -2.40. The lowest BCUT2D eigenvalue weighted by Gasteiger charge is -2.07. The Kier molecular flexibility index (Phi) is 4.34. The van der Waals surface area contributed by atoms with Crippen molar-refractivity contribution in [2.24, 2.45) is 0 Å². The van der Waals surface area contributed by atoms with Crippen molar-refractivity contribution in [2.75, 3.05) is 6.54 Å². The van der Waals surface area contributed by atoms with Crippen LogP contribution in [0.2, 0.25) is 0 Å². The monoisotopic (exact) mass is 312 g/mol. The van der Waals surface area contributed by atoms with Crippen molar-refractivity contribution in [3.05, 3.63) is 58.5 Å². The summed E-state index contributed by atoms with van der Waals surface area (Å²) in [6.45, 7) is 2.84. The predicted molar refractivity (Wildman–Crippen MR) is 88.4 cm³/mol. The fourth-order valence-electron chi connectivity index (χ4n) is 2.19. The van der Waals surface area contributed by atoms with Crippen molar-refractivity contribution in [3.63, 3.8) is 0 Å². The number of rotatable bonds is 5. The van der Waals surface area contributed by atoms with E-state index in [1.165, 1.54) is 11.3 Å². The Bertz CT molecular complexity index is 793. The predicted octanol–water partition coefficient (Wildman–Crippen LogP) is 3.63. The Morgan fingerprint density at radius 2 is 2.05 bits per heavy atom. The van der Waals surface area contributed by atoms with E-state index in [4.69, 9.17) is 4.74 Å². The zero-order valence-electron chi connectivity index (χ0n) is 12.2. The lowest BCUT2D eigenvalue weighted by Crippen LogP contribution is -2.22. The summed E-state index contributed by atoms with van der Waals surface area (Å²) in [6, 6.07) is 14.1. The molecule has 4 nitrogen and oxygen atoms in total. The number of hydrogen-bond acceptors (Lipinski definition) is 4. The zero-order valence-corrected chi connectivity index (χ0v) is 13.0. The van der Waals surface area contributed by atoms with Gasteiger partial charge < -0.3 is 10.1 Å². The molecule has 0 atom stereocenters. The fraction of sp³-hybridized carbons (Fsp3) is 0.176. The van der Waals surface area contributed by atoms with Gasteiger partial charge in [0.2, 0.25) is 0 Å². The molecule has 5 heteroatoms. The lowest BCUT2D eigenvalue weighted by atomic mass is 10.1. The first-order chi connectivity index (χ1) is 10.8. The first-order valence-electron chi connectivity index (χ1n) is 7.11. The summed E-state index contributed by atoms with van der Waals surface area (Å²) in [4.78, 5) is 16.0. The molecular weight excluding hydrogens is 296 g/mol. The van der Waals surface area contributed by atoms with Gasteiger partial charge in [-0.2, -0.15) is 0 Å². The second-order valence-corrected chi connectivity index (χ2v) is 5.69. The molecule has 2 aromatic carbocycles. The highest BCUT2D eigenvalue weighted by atomic mass is 32.1. The maximum absolute atomic E-state index is 11.7. The fourth-order valence-corrected chi connectivity index (χ4v) is 2.88. The summed E-state index contributed by atoms with van der Waals surface area (Å²) >= 11 is 1.43. The van der Waals surface area contributed by atoms with E-state index in [1.807, 2.05) is 37.3 Å². The molecule has 1 amide bonds. The maximum atomic E-state index is 11.7. The molecule has 22 heavy (non-hydrogen) atoms. The van der Waals surface area contributed by atoms with E-state index >= 15 is 0 Å². The van der Waals surface area contributed by atoms with Crippen molar-refractivity contribution in [1.82, 2.24) is 10.3 Å². The average molecular weight is 312 g/mol. The highest BCUT2D eigenvalue weighted by molar-refractivity contribution is 7.09. The van der Waals surface area contributed by atoms with Gasteiger partial charge in [-0.25, -0.2) is 4.98 Å². The minimum Gasteiger partial charge on any atom is -0.486 e. The molecule has 1 N–H and O–H groups in total. The molecule has 0 bridgehead atoms. The number of carbonyl (C=O) groups is 1. The van der Waals surface area contributed by atoms with Gasteiger partial charge in [-0.05, 0) is 18.4 Å². The average Bonchev–Trinajstić information content (AvgIpc) is 3.02. The van der Waals surface area contributed by atoms with Crippen molar-refractivity contribution >= 4 is 28.0 Å². The molecule has 0 spiro atoms. The number of ether oxygens (including phenoxy) is 1. The molecule has 0 saturated heterocycles. The van der Waals surface area contributed by atoms with Crippen LogP contribution in [0.3, 0.4) is 0 Å². The van der Waals surface area contributed by atoms with Crippen molar-refractivity contribution in [2.45, 2.75) is 13.5 Å². The summed E-state index contributed by atoms with van der Waals surface area (Å²) in [5, 5.41) is 7.50. The molecule has 3 rings (SSSR count). The first-order valence-corrected chi connectivity index (χ1v) is 7.99. The third-order valence-electron chi connectivity index (χ3n) is 3.22. The third kappa shape index (κ3) is 3.09. The normalized spacial score (nSPS) is 10.6. The van der Waals surface area contributed by atoms with Crippen LogP contribution in [0.1, 0.15) is 22.4 Å². The van der Waals surface area contributed by atoms with Gasteiger partial charge in [0.1, 0.15) is 23.1 Å². The van der Waals surface area contributed by atoms with Crippen LogP contribution in [-0.4, -0.2) is 17.4 Å². The molecule has 0 saturated carbocycles. The Morgan fingerprint density at radius 1 is 1.23 bits per heavy atom. The highest BCUT2D eigenvalue weighted by Crippen LogP contribution is 2.26. The summed E-state index contributed by atoms with van der Waals surface area (Å²) in [6.07, 6.45) is 0. The number of aromatic nitrogens is 1. The van der Waals surface area contributed by atoms with Gasteiger partial charge in [0, 0.05) is 17.3 Å². The molecular formula is C17H16N2O2S. The second kappa shape index (κ2) is 6.58. The number of benzene rings is 2. The molecule has 0 aliphatic heterocycles. The van der Waals surface area contributed by atoms with Crippen LogP contribution in [0.15, 0.2) is 47.8 Å². The van der Waals surface area contributed by atoms with Gasteiger partial charge in [-0.3, -0.25) is 4.79 Å².